The van der Waals surface area contributed by atoms with Gasteiger partial charge in [0.25, 0.3) is 5.91 Å². The van der Waals surface area contributed by atoms with E-state index in [0.29, 0.717) is 13.0 Å². The second kappa shape index (κ2) is 4.07. The van der Waals surface area contributed by atoms with Crippen LogP contribution in [0.4, 0.5) is 5.69 Å². The largest absolute Gasteiger partial charge is 0.327 e. The predicted octanol–water partition coefficient (Wildman–Crippen LogP) is 1.73. The van der Waals surface area contributed by atoms with Crippen molar-refractivity contribution in [2.24, 2.45) is 5.73 Å². The molecule has 2 aliphatic rings. The third kappa shape index (κ3) is 1.64. The lowest BCUT2D eigenvalue weighted by Gasteiger charge is -2.26. The van der Waals surface area contributed by atoms with Gasteiger partial charge in [0.1, 0.15) is 0 Å². The smallest absolute Gasteiger partial charge is 0.253 e. The van der Waals surface area contributed by atoms with Crippen molar-refractivity contribution in [1.82, 2.24) is 0 Å². The van der Waals surface area contributed by atoms with Crippen molar-refractivity contribution < 1.29 is 9.63 Å². The molecule has 1 atom stereocenters. The van der Waals surface area contributed by atoms with Gasteiger partial charge < -0.3 is 5.73 Å². The van der Waals surface area contributed by atoms with Gasteiger partial charge in [0.15, 0.2) is 0 Å². The Morgan fingerprint density at radius 1 is 1.39 bits per heavy atom. The molecule has 2 fully saturated rings. The average Bonchev–Trinajstić information content (AvgIpc) is 3.07. The Labute approximate surface area is 107 Å². The van der Waals surface area contributed by atoms with Crippen LogP contribution in [-0.2, 0) is 15.0 Å². The number of benzene rings is 1. The van der Waals surface area contributed by atoms with Crippen molar-refractivity contribution >= 4 is 11.6 Å². The van der Waals surface area contributed by atoms with Crippen LogP contribution in [0.15, 0.2) is 24.3 Å². The van der Waals surface area contributed by atoms with Gasteiger partial charge in [-0.2, -0.15) is 5.06 Å². The van der Waals surface area contributed by atoms with Gasteiger partial charge in [0.2, 0.25) is 0 Å². The fraction of sp³-hybridized carbons (Fsp3) is 0.500. The summed E-state index contributed by atoms with van der Waals surface area (Å²) in [7, 11) is 0. The Balaban J connectivity index is 2.03. The number of hydrogen-bond donors (Lipinski definition) is 1. The normalized spacial score (nSPS) is 23.2. The van der Waals surface area contributed by atoms with Gasteiger partial charge in [-0.05, 0) is 31.4 Å². The molecule has 0 bridgehead atoms. The molecule has 1 aromatic rings. The molecule has 1 saturated heterocycles. The van der Waals surface area contributed by atoms with Crippen LogP contribution < -0.4 is 10.8 Å². The number of hydrogen-bond acceptors (Lipinski definition) is 3. The maximum atomic E-state index is 11.8. The highest BCUT2D eigenvalue weighted by Crippen LogP contribution is 2.53. The fourth-order valence-electron chi connectivity index (χ4n) is 2.78. The van der Waals surface area contributed by atoms with Crippen LogP contribution in [0.5, 0.6) is 0 Å². The fourth-order valence-corrected chi connectivity index (χ4v) is 2.78. The molecule has 96 valence electrons. The van der Waals surface area contributed by atoms with E-state index in [2.05, 4.69) is 6.07 Å². The van der Waals surface area contributed by atoms with E-state index in [1.165, 1.54) is 5.06 Å². The first-order valence-electron chi connectivity index (χ1n) is 6.46. The van der Waals surface area contributed by atoms with Gasteiger partial charge in [-0.25, -0.2) is 0 Å². The minimum Gasteiger partial charge on any atom is -0.327 e. The molecule has 4 heteroatoms. The zero-order valence-corrected chi connectivity index (χ0v) is 10.6. The lowest BCUT2D eigenvalue weighted by Crippen LogP contribution is -2.34. The summed E-state index contributed by atoms with van der Waals surface area (Å²) in [6, 6.07) is 8.05. The van der Waals surface area contributed by atoms with Gasteiger partial charge in [0.05, 0.1) is 18.7 Å². The van der Waals surface area contributed by atoms with Crippen molar-refractivity contribution in [2.75, 3.05) is 11.7 Å². The Morgan fingerprint density at radius 3 is 2.67 bits per heavy atom. The topological polar surface area (TPSA) is 55.6 Å². The van der Waals surface area contributed by atoms with Crippen LogP contribution in [0, 0.1) is 0 Å². The van der Waals surface area contributed by atoms with Crippen LogP contribution in [0.2, 0.25) is 0 Å². The van der Waals surface area contributed by atoms with Crippen LogP contribution >= 0.6 is 0 Å². The molecule has 0 aromatic heterocycles. The lowest BCUT2D eigenvalue weighted by molar-refractivity contribution is -0.119. The molecular weight excluding hydrogens is 228 g/mol. The first-order valence-corrected chi connectivity index (χ1v) is 6.46. The minimum atomic E-state index is 0.0305. The van der Waals surface area contributed by atoms with E-state index in [-0.39, 0.29) is 17.4 Å². The number of amides is 1. The molecule has 1 saturated carbocycles. The molecule has 1 amide bonds. The summed E-state index contributed by atoms with van der Waals surface area (Å²) >= 11 is 0. The summed E-state index contributed by atoms with van der Waals surface area (Å²) in [5.74, 6) is 0.0305. The Bertz CT molecular complexity index is 480. The summed E-state index contributed by atoms with van der Waals surface area (Å²) < 4.78 is 0. The molecule has 0 radical (unpaired) electrons. The van der Waals surface area contributed by atoms with E-state index in [0.717, 1.165) is 24.1 Å². The Morgan fingerprint density at radius 2 is 2.11 bits per heavy atom. The monoisotopic (exact) mass is 246 g/mol. The predicted molar refractivity (Wildman–Crippen MR) is 69.1 cm³/mol. The molecule has 1 aromatic carbocycles. The standard InChI is InChI=1S/C14H18N2O2/c1-10(15)14(7-8-14)11-4-2-3-5-12(11)16-13(17)6-9-18-16/h2-5,10H,6-9,15H2,1H3. The van der Waals surface area contributed by atoms with Crippen molar-refractivity contribution in [3.63, 3.8) is 0 Å². The molecule has 1 aliphatic heterocycles. The van der Waals surface area contributed by atoms with E-state index >= 15 is 0 Å². The maximum absolute atomic E-state index is 11.8. The van der Waals surface area contributed by atoms with Gasteiger partial charge in [-0.1, -0.05) is 18.2 Å². The van der Waals surface area contributed by atoms with Crippen LogP contribution in [0.3, 0.4) is 0 Å². The first kappa shape index (κ1) is 11.7. The lowest BCUT2D eigenvalue weighted by atomic mass is 9.88. The molecular formula is C14H18N2O2. The first-order chi connectivity index (χ1) is 8.65. The highest BCUT2D eigenvalue weighted by atomic mass is 16.7. The number of carbonyl (C=O) groups excluding carboxylic acids is 1. The number of nitrogens with zero attached hydrogens (tertiary/aromatic N) is 1. The van der Waals surface area contributed by atoms with Crippen LogP contribution in [0.1, 0.15) is 31.7 Å². The zero-order chi connectivity index (χ0) is 12.8. The summed E-state index contributed by atoms with van der Waals surface area (Å²) in [6.45, 7) is 2.51. The van der Waals surface area contributed by atoms with Crippen molar-refractivity contribution in [3.8, 4) is 0 Å². The van der Waals surface area contributed by atoms with E-state index < -0.39 is 0 Å². The molecule has 0 spiro atoms. The average molecular weight is 246 g/mol. The molecule has 18 heavy (non-hydrogen) atoms. The number of para-hydroxylation sites is 1. The number of rotatable bonds is 3. The molecule has 1 aliphatic carbocycles. The summed E-state index contributed by atoms with van der Waals surface area (Å²) in [6.07, 6.45) is 2.63. The zero-order valence-electron chi connectivity index (χ0n) is 10.6. The molecule has 3 rings (SSSR count). The van der Waals surface area contributed by atoms with Gasteiger partial charge >= 0.3 is 0 Å². The quantitative estimate of drug-likeness (QED) is 0.883. The van der Waals surface area contributed by atoms with Crippen molar-refractivity contribution in [3.05, 3.63) is 29.8 Å². The maximum Gasteiger partial charge on any atom is 0.253 e. The Hall–Kier alpha value is -1.39. The van der Waals surface area contributed by atoms with E-state index in [4.69, 9.17) is 10.6 Å². The van der Waals surface area contributed by atoms with E-state index in [1.807, 2.05) is 25.1 Å². The van der Waals surface area contributed by atoms with Crippen LogP contribution in [0.25, 0.3) is 0 Å². The molecule has 1 heterocycles. The molecule has 4 nitrogen and oxygen atoms in total. The number of hydroxylamine groups is 1. The van der Waals surface area contributed by atoms with Gasteiger partial charge in [-0.15, -0.1) is 0 Å². The second-order valence-corrected chi connectivity index (χ2v) is 5.23. The van der Waals surface area contributed by atoms with Crippen molar-refractivity contribution in [1.29, 1.82) is 0 Å². The SMILES string of the molecule is CC(N)C1(c2ccccc2N2OCCC2=O)CC1. The van der Waals surface area contributed by atoms with E-state index in [9.17, 15) is 4.79 Å². The highest BCUT2D eigenvalue weighted by Gasteiger charge is 2.49. The summed E-state index contributed by atoms with van der Waals surface area (Å²) in [4.78, 5) is 17.3. The number of anilines is 1. The minimum absolute atomic E-state index is 0.0305. The number of nitrogens with two attached hydrogens (primary N) is 1. The number of carbonyl (C=O) groups is 1. The van der Waals surface area contributed by atoms with Crippen molar-refractivity contribution in [2.45, 2.75) is 37.6 Å². The van der Waals surface area contributed by atoms with Crippen LogP contribution in [-0.4, -0.2) is 18.6 Å². The second-order valence-electron chi connectivity index (χ2n) is 5.23. The highest BCUT2D eigenvalue weighted by molar-refractivity contribution is 5.93. The van der Waals surface area contributed by atoms with Gasteiger partial charge in [0, 0.05) is 11.5 Å². The third-order valence-electron chi connectivity index (χ3n) is 4.08. The molecule has 2 N–H and O–H groups in total. The van der Waals surface area contributed by atoms with E-state index in [1.54, 1.807) is 0 Å². The third-order valence-corrected chi connectivity index (χ3v) is 4.08. The summed E-state index contributed by atoms with van der Waals surface area (Å²) in [5.41, 5.74) is 8.17. The summed E-state index contributed by atoms with van der Waals surface area (Å²) in [5, 5.41) is 1.44. The Kier molecular flexibility index (Phi) is 2.64. The molecule has 1 unspecified atom stereocenters. The van der Waals surface area contributed by atoms with Gasteiger partial charge in [-0.3, -0.25) is 9.63 Å².